The number of carbonyl (C=O) groups excluding carboxylic acids is 1. The van der Waals surface area contributed by atoms with E-state index in [1.807, 2.05) is 0 Å². The molecule has 1 amide bonds. The molecule has 1 N–H and O–H groups in total. The molecule has 3 atom stereocenters. The number of imidazole rings is 1. The van der Waals surface area contributed by atoms with Gasteiger partial charge in [0.2, 0.25) is 5.91 Å². The van der Waals surface area contributed by atoms with Crippen molar-refractivity contribution in [3.8, 4) is 0 Å². The minimum Gasteiger partial charge on any atom is -0.337 e. The van der Waals surface area contributed by atoms with Crippen molar-refractivity contribution in [3.63, 3.8) is 0 Å². The van der Waals surface area contributed by atoms with Gasteiger partial charge in [0.1, 0.15) is 5.82 Å². The number of amides is 1. The van der Waals surface area contributed by atoms with Gasteiger partial charge in [-0.1, -0.05) is 12.8 Å². The third kappa shape index (κ3) is 4.37. The van der Waals surface area contributed by atoms with Crippen molar-refractivity contribution in [2.45, 2.75) is 57.3 Å². The van der Waals surface area contributed by atoms with E-state index in [2.05, 4.69) is 10.3 Å². The lowest BCUT2D eigenvalue weighted by molar-refractivity contribution is -0.132. The first-order valence-electron chi connectivity index (χ1n) is 7.87. The molecular formula is C15H24Cl2F2N4O. The first-order valence-corrected chi connectivity index (χ1v) is 7.87. The molecular weight excluding hydrogens is 361 g/mol. The quantitative estimate of drug-likeness (QED) is 0.867. The van der Waals surface area contributed by atoms with Gasteiger partial charge in [0, 0.05) is 25.5 Å². The largest absolute Gasteiger partial charge is 0.337 e. The summed E-state index contributed by atoms with van der Waals surface area (Å²) in [5, 5.41) is 3.42. The monoisotopic (exact) mass is 384 g/mol. The minimum absolute atomic E-state index is 0. The van der Waals surface area contributed by atoms with E-state index < -0.39 is 6.55 Å². The molecule has 3 unspecified atom stereocenters. The predicted octanol–water partition coefficient (Wildman–Crippen LogP) is 3.00. The number of hydrogen-bond donors (Lipinski definition) is 1. The Balaban J connectivity index is 0.00000144. The lowest BCUT2D eigenvalue weighted by Gasteiger charge is -2.24. The maximum atomic E-state index is 12.8. The lowest BCUT2D eigenvalue weighted by atomic mass is 9.85. The zero-order valence-corrected chi connectivity index (χ0v) is 15.2. The van der Waals surface area contributed by atoms with Gasteiger partial charge < -0.3 is 10.2 Å². The Morgan fingerprint density at radius 3 is 2.79 bits per heavy atom. The Kier molecular flexibility index (Phi) is 7.89. The average molecular weight is 385 g/mol. The van der Waals surface area contributed by atoms with Crippen molar-refractivity contribution in [2.24, 2.45) is 5.92 Å². The lowest BCUT2D eigenvalue weighted by Crippen LogP contribution is -2.44. The standard InChI is InChI=1S/C15H22F2N4O.2ClH/c1-20(9-13-18-6-7-21(13)15(16)17)14(22)12-8-10-4-2-3-5-11(10)19-12;;/h6-7,10-12,15,19H,2-5,8-9H2,1H3;2*1H. The summed E-state index contributed by atoms with van der Waals surface area (Å²) in [6.45, 7) is -2.53. The Morgan fingerprint density at radius 2 is 2.12 bits per heavy atom. The van der Waals surface area contributed by atoms with Gasteiger partial charge in [0.15, 0.2) is 0 Å². The summed E-state index contributed by atoms with van der Waals surface area (Å²) in [4.78, 5) is 18.0. The van der Waals surface area contributed by atoms with E-state index in [0.29, 0.717) is 12.0 Å². The van der Waals surface area contributed by atoms with Crippen molar-refractivity contribution in [3.05, 3.63) is 18.2 Å². The van der Waals surface area contributed by atoms with Gasteiger partial charge in [-0.15, -0.1) is 24.8 Å². The molecule has 3 rings (SSSR count). The van der Waals surface area contributed by atoms with Crippen LogP contribution in [0.5, 0.6) is 0 Å². The van der Waals surface area contributed by atoms with Crippen LogP contribution in [-0.4, -0.2) is 39.5 Å². The number of alkyl halides is 2. The number of nitrogens with one attached hydrogen (secondary N) is 1. The normalized spacial score (nSPS) is 25.6. The molecule has 2 fully saturated rings. The fraction of sp³-hybridized carbons (Fsp3) is 0.733. The summed E-state index contributed by atoms with van der Waals surface area (Å²) in [6.07, 6.45) is 8.21. The number of fused-ring (bicyclic) bond motifs is 1. The van der Waals surface area contributed by atoms with Crippen LogP contribution in [0, 0.1) is 5.92 Å². The zero-order valence-electron chi connectivity index (χ0n) is 13.5. The Morgan fingerprint density at radius 1 is 1.42 bits per heavy atom. The maximum Gasteiger partial charge on any atom is 0.319 e. The Hall–Kier alpha value is -0.920. The van der Waals surface area contributed by atoms with Gasteiger partial charge in [-0.2, -0.15) is 8.78 Å². The van der Waals surface area contributed by atoms with E-state index >= 15 is 0 Å². The summed E-state index contributed by atoms with van der Waals surface area (Å²) in [7, 11) is 1.65. The van der Waals surface area contributed by atoms with Crippen molar-refractivity contribution < 1.29 is 13.6 Å². The van der Waals surface area contributed by atoms with Crippen LogP contribution in [-0.2, 0) is 11.3 Å². The smallest absolute Gasteiger partial charge is 0.319 e. The van der Waals surface area contributed by atoms with Crippen molar-refractivity contribution in [1.29, 1.82) is 0 Å². The van der Waals surface area contributed by atoms with Crippen molar-refractivity contribution in [1.82, 2.24) is 19.8 Å². The number of halogens is 4. The molecule has 5 nitrogen and oxygen atoms in total. The molecule has 0 radical (unpaired) electrons. The summed E-state index contributed by atoms with van der Waals surface area (Å²) in [5.74, 6) is 0.763. The van der Waals surface area contributed by atoms with Crippen LogP contribution < -0.4 is 5.32 Å². The molecule has 1 aliphatic heterocycles. The minimum atomic E-state index is -2.63. The molecule has 0 aromatic carbocycles. The molecule has 24 heavy (non-hydrogen) atoms. The number of rotatable bonds is 4. The molecule has 0 bridgehead atoms. The Labute approximate surface area is 153 Å². The maximum absolute atomic E-state index is 12.8. The highest BCUT2D eigenvalue weighted by Gasteiger charge is 2.39. The zero-order chi connectivity index (χ0) is 15.7. The molecule has 138 valence electrons. The number of likely N-dealkylation sites (N-methyl/N-ethyl adjacent to an activating group) is 1. The second kappa shape index (κ2) is 8.97. The fourth-order valence-corrected chi connectivity index (χ4v) is 3.71. The third-order valence-corrected chi connectivity index (χ3v) is 4.87. The molecule has 1 aromatic heterocycles. The molecule has 1 aromatic rings. The second-order valence-corrected chi connectivity index (χ2v) is 6.33. The summed E-state index contributed by atoms with van der Waals surface area (Å²) >= 11 is 0. The van der Waals surface area contributed by atoms with E-state index in [0.717, 1.165) is 17.4 Å². The highest BCUT2D eigenvalue weighted by atomic mass is 35.5. The first kappa shape index (κ1) is 21.1. The van der Waals surface area contributed by atoms with Crippen LogP contribution in [0.1, 0.15) is 44.5 Å². The van der Waals surface area contributed by atoms with Gasteiger partial charge >= 0.3 is 6.55 Å². The van der Waals surface area contributed by atoms with Crippen molar-refractivity contribution in [2.75, 3.05) is 7.05 Å². The molecule has 2 aliphatic rings. The average Bonchev–Trinajstić information content (AvgIpc) is 3.12. The van der Waals surface area contributed by atoms with E-state index in [-0.39, 0.29) is 49.1 Å². The fourth-order valence-electron chi connectivity index (χ4n) is 3.71. The molecule has 0 spiro atoms. The molecule has 2 heterocycles. The van der Waals surface area contributed by atoms with Gasteiger partial charge in [0.25, 0.3) is 0 Å². The second-order valence-electron chi connectivity index (χ2n) is 6.33. The third-order valence-electron chi connectivity index (χ3n) is 4.87. The van der Waals surface area contributed by atoms with Crippen LogP contribution in [0.25, 0.3) is 0 Å². The number of aromatic nitrogens is 2. The summed E-state index contributed by atoms with van der Waals surface area (Å²) in [5.41, 5.74) is 0. The van der Waals surface area contributed by atoms with Gasteiger partial charge in [-0.3, -0.25) is 9.36 Å². The predicted molar refractivity (Wildman–Crippen MR) is 91.7 cm³/mol. The van der Waals surface area contributed by atoms with Gasteiger partial charge in [-0.25, -0.2) is 4.98 Å². The van der Waals surface area contributed by atoms with E-state index in [4.69, 9.17) is 0 Å². The van der Waals surface area contributed by atoms with E-state index in [1.165, 1.54) is 36.6 Å². The first-order chi connectivity index (χ1) is 10.6. The van der Waals surface area contributed by atoms with Crippen LogP contribution in [0.4, 0.5) is 8.78 Å². The van der Waals surface area contributed by atoms with Crippen molar-refractivity contribution >= 4 is 30.7 Å². The van der Waals surface area contributed by atoms with Crippen LogP contribution >= 0.6 is 24.8 Å². The number of nitrogens with zero attached hydrogens (tertiary/aromatic N) is 3. The van der Waals surface area contributed by atoms with Crippen LogP contribution in [0.15, 0.2) is 12.4 Å². The highest BCUT2D eigenvalue weighted by molar-refractivity contribution is 5.85. The van der Waals surface area contributed by atoms with Crippen LogP contribution in [0.2, 0.25) is 0 Å². The molecule has 9 heteroatoms. The molecule has 1 aliphatic carbocycles. The van der Waals surface area contributed by atoms with E-state index in [9.17, 15) is 13.6 Å². The highest BCUT2D eigenvalue weighted by Crippen LogP contribution is 2.33. The molecule has 1 saturated heterocycles. The summed E-state index contributed by atoms with van der Waals surface area (Å²) < 4.78 is 26.4. The summed E-state index contributed by atoms with van der Waals surface area (Å²) in [6, 6.07) is 0.257. The number of carbonyl (C=O) groups is 1. The number of hydrogen-bond acceptors (Lipinski definition) is 3. The Bertz CT molecular complexity index is 529. The SMILES string of the molecule is CN(Cc1nccn1C(F)F)C(=O)C1CC2CCCCC2N1.Cl.Cl. The van der Waals surface area contributed by atoms with Crippen LogP contribution in [0.3, 0.4) is 0 Å². The topological polar surface area (TPSA) is 50.2 Å². The van der Waals surface area contributed by atoms with E-state index in [1.54, 1.807) is 7.05 Å². The molecule has 1 saturated carbocycles. The van der Waals surface area contributed by atoms with Gasteiger partial charge in [0.05, 0.1) is 12.6 Å². The van der Waals surface area contributed by atoms with Gasteiger partial charge in [-0.05, 0) is 25.2 Å².